The molecule has 1 aliphatic carbocycles. The van der Waals surface area contributed by atoms with E-state index in [1.54, 1.807) is 0 Å². The summed E-state index contributed by atoms with van der Waals surface area (Å²) in [6.07, 6.45) is 6.61. The van der Waals surface area contributed by atoms with Gasteiger partial charge in [-0.1, -0.05) is 37.5 Å². The first-order valence-electron chi connectivity index (χ1n) is 8.85. The van der Waals surface area contributed by atoms with Crippen molar-refractivity contribution in [3.8, 4) is 5.75 Å². The van der Waals surface area contributed by atoms with Crippen molar-refractivity contribution in [2.75, 3.05) is 13.2 Å². The molecule has 2 rings (SSSR count). The van der Waals surface area contributed by atoms with E-state index in [0.29, 0.717) is 19.4 Å². The monoisotopic (exact) mass is 319 g/mol. The van der Waals surface area contributed by atoms with Gasteiger partial charge < -0.3 is 15.2 Å². The number of nitrogens with one attached hydrogen (secondary N) is 1. The molecule has 1 aromatic rings. The smallest absolute Gasteiger partial charge is 0.220 e. The first-order valence-corrected chi connectivity index (χ1v) is 8.85. The Hall–Kier alpha value is -1.55. The van der Waals surface area contributed by atoms with Gasteiger partial charge in [-0.2, -0.15) is 0 Å². The molecule has 2 unspecified atom stereocenters. The summed E-state index contributed by atoms with van der Waals surface area (Å²) in [6.45, 7) is 2.76. The van der Waals surface area contributed by atoms with Crippen molar-refractivity contribution in [2.24, 2.45) is 5.92 Å². The number of hydrogen-bond acceptors (Lipinski definition) is 3. The van der Waals surface area contributed by atoms with Crippen LogP contribution in [0.3, 0.4) is 0 Å². The predicted octanol–water partition coefficient (Wildman–Crippen LogP) is 3.08. The van der Waals surface area contributed by atoms with Gasteiger partial charge in [0.2, 0.25) is 5.91 Å². The van der Waals surface area contributed by atoms with E-state index in [4.69, 9.17) is 4.74 Å². The summed E-state index contributed by atoms with van der Waals surface area (Å²) < 4.78 is 5.61. The van der Waals surface area contributed by atoms with Gasteiger partial charge in [-0.25, -0.2) is 0 Å². The molecule has 0 spiro atoms. The molecule has 0 bridgehead atoms. The van der Waals surface area contributed by atoms with Crippen LogP contribution in [0.25, 0.3) is 0 Å². The van der Waals surface area contributed by atoms with Crippen LogP contribution in [0.15, 0.2) is 24.3 Å². The summed E-state index contributed by atoms with van der Waals surface area (Å²) in [4.78, 5) is 12.3. The fraction of sp³-hybridized carbons (Fsp3) is 0.632. The van der Waals surface area contributed by atoms with Gasteiger partial charge >= 0.3 is 0 Å². The molecule has 0 radical (unpaired) electrons. The Morgan fingerprint density at radius 3 is 2.83 bits per heavy atom. The van der Waals surface area contributed by atoms with Gasteiger partial charge in [-0.05, 0) is 37.8 Å². The maximum absolute atomic E-state index is 12.3. The Labute approximate surface area is 139 Å². The van der Waals surface area contributed by atoms with Crippen LogP contribution in [0, 0.1) is 5.92 Å². The molecule has 23 heavy (non-hydrogen) atoms. The number of benzene rings is 1. The molecular weight excluding hydrogens is 290 g/mol. The zero-order valence-electron chi connectivity index (χ0n) is 14.1. The van der Waals surface area contributed by atoms with Crippen LogP contribution in [-0.4, -0.2) is 30.3 Å². The number of carbonyl (C=O) groups excluding carboxylic acids is 1. The van der Waals surface area contributed by atoms with Gasteiger partial charge in [0.1, 0.15) is 5.75 Å². The fourth-order valence-corrected chi connectivity index (χ4v) is 3.33. The van der Waals surface area contributed by atoms with Crippen LogP contribution in [0.5, 0.6) is 5.75 Å². The summed E-state index contributed by atoms with van der Waals surface area (Å²) in [5.74, 6) is 1.14. The molecule has 0 aliphatic heterocycles. The summed E-state index contributed by atoms with van der Waals surface area (Å²) in [6, 6.07) is 8.01. The Kier molecular flexibility index (Phi) is 7.40. The summed E-state index contributed by atoms with van der Waals surface area (Å²) >= 11 is 0. The average Bonchev–Trinajstić information content (AvgIpc) is 2.79. The number of carbonyl (C=O) groups is 1. The number of amides is 1. The number of aliphatic hydroxyl groups is 1. The minimum absolute atomic E-state index is 0.0710. The van der Waals surface area contributed by atoms with Crippen LogP contribution in [0.2, 0.25) is 0 Å². The highest BCUT2D eigenvalue weighted by Crippen LogP contribution is 2.24. The third kappa shape index (κ3) is 5.54. The molecule has 2 atom stereocenters. The predicted molar refractivity (Wildman–Crippen MR) is 91.5 cm³/mol. The number of rotatable bonds is 7. The van der Waals surface area contributed by atoms with Crippen molar-refractivity contribution in [1.82, 2.24) is 5.32 Å². The molecule has 4 nitrogen and oxygen atoms in total. The van der Waals surface area contributed by atoms with Crippen molar-refractivity contribution < 1.29 is 14.6 Å². The molecule has 128 valence electrons. The van der Waals surface area contributed by atoms with Gasteiger partial charge in [0.05, 0.1) is 6.61 Å². The van der Waals surface area contributed by atoms with E-state index >= 15 is 0 Å². The molecule has 1 saturated carbocycles. The van der Waals surface area contributed by atoms with E-state index < -0.39 is 0 Å². The van der Waals surface area contributed by atoms with E-state index in [2.05, 4.69) is 5.32 Å². The fourth-order valence-electron chi connectivity index (χ4n) is 3.33. The number of hydrogen-bond donors (Lipinski definition) is 2. The quantitative estimate of drug-likeness (QED) is 0.759. The standard InChI is InChI=1S/C19H29NO3/c1-2-23-18-11-7-6-8-15(18)12-13-19(22)20-17-10-5-3-4-9-16(17)14-21/h6-8,11,16-17,21H,2-5,9-10,12-14H2,1H3,(H,20,22). The number of ether oxygens (including phenoxy) is 1. The third-order valence-corrected chi connectivity index (χ3v) is 4.63. The molecular formula is C19H29NO3. The highest BCUT2D eigenvalue weighted by atomic mass is 16.5. The molecule has 0 saturated heterocycles. The van der Waals surface area contributed by atoms with Crippen LogP contribution >= 0.6 is 0 Å². The average molecular weight is 319 g/mol. The second-order valence-electron chi connectivity index (χ2n) is 6.30. The van der Waals surface area contributed by atoms with Crippen LogP contribution < -0.4 is 10.1 Å². The Morgan fingerprint density at radius 1 is 1.26 bits per heavy atom. The number of aliphatic hydroxyl groups excluding tert-OH is 1. The number of para-hydroxylation sites is 1. The van der Waals surface area contributed by atoms with E-state index in [0.717, 1.165) is 37.0 Å². The van der Waals surface area contributed by atoms with Crippen molar-refractivity contribution in [3.63, 3.8) is 0 Å². The minimum Gasteiger partial charge on any atom is -0.494 e. The molecule has 0 aromatic heterocycles. The van der Waals surface area contributed by atoms with Crippen LogP contribution in [-0.2, 0) is 11.2 Å². The molecule has 0 heterocycles. The molecule has 4 heteroatoms. The SMILES string of the molecule is CCOc1ccccc1CCC(=O)NC1CCCCCC1CO. The van der Waals surface area contributed by atoms with Crippen LogP contribution in [0.1, 0.15) is 51.0 Å². The lowest BCUT2D eigenvalue weighted by Crippen LogP contribution is -2.41. The lowest BCUT2D eigenvalue weighted by Gasteiger charge is -2.24. The molecule has 1 aliphatic rings. The summed E-state index contributed by atoms with van der Waals surface area (Å²) in [5.41, 5.74) is 1.07. The van der Waals surface area contributed by atoms with Crippen LogP contribution in [0.4, 0.5) is 0 Å². The second-order valence-corrected chi connectivity index (χ2v) is 6.30. The second kappa shape index (κ2) is 9.56. The van der Waals surface area contributed by atoms with Gasteiger partial charge in [-0.3, -0.25) is 4.79 Å². The third-order valence-electron chi connectivity index (χ3n) is 4.63. The van der Waals surface area contributed by atoms with Crippen molar-refractivity contribution in [1.29, 1.82) is 0 Å². The maximum atomic E-state index is 12.3. The summed E-state index contributed by atoms with van der Waals surface area (Å²) in [5, 5.41) is 12.7. The molecule has 1 amide bonds. The maximum Gasteiger partial charge on any atom is 0.220 e. The molecule has 1 aromatic carbocycles. The molecule has 1 fully saturated rings. The van der Waals surface area contributed by atoms with Gasteiger partial charge in [0.15, 0.2) is 0 Å². The van der Waals surface area contributed by atoms with Gasteiger partial charge in [0, 0.05) is 25.0 Å². The minimum atomic E-state index is 0.0710. The zero-order valence-corrected chi connectivity index (χ0v) is 14.1. The Bertz CT molecular complexity index is 489. The normalized spacial score (nSPS) is 21.5. The highest BCUT2D eigenvalue weighted by molar-refractivity contribution is 5.76. The first-order chi connectivity index (χ1) is 11.2. The van der Waals surface area contributed by atoms with Crippen molar-refractivity contribution in [2.45, 2.75) is 57.9 Å². The first kappa shape index (κ1) is 17.8. The zero-order chi connectivity index (χ0) is 16.5. The topological polar surface area (TPSA) is 58.6 Å². The Morgan fingerprint density at radius 2 is 2.04 bits per heavy atom. The van der Waals surface area contributed by atoms with E-state index in [9.17, 15) is 9.90 Å². The van der Waals surface area contributed by atoms with E-state index in [-0.39, 0.29) is 24.5 Å². The molecule has 2 N–H and O–H groups in total. The lowest BCUT2D eigenvalue weighted by atomic mass is 9.95. The Balaban J connectivity index is 1.87. The van der Waals surface area contributed by atoms with Gasteiger partial charge in [0.25, 0.3) is 0 Å². The van der Waals surface area contributed by atoms with Crippen molar-refractivity contribution in [3.05, 3.63) is 29.8 Å². The largest absolute Gasteiger partial charge is 0.494 e. The summed E-state index contributed by atoms with van der Waals surface area (Å²) in [7, 11) is 0. The van der Waals surface area contributed by atoms with E-state index in [1.807, 2.05) is 31.2 Å². The highest BCUT2D eigenvalue weighted by Gasteiger charge is 2.24. The van der Waals surface area contributed by atoms with Crippen molar-refractivity contribution >= 4 is 5.91 Å². The number of aryl methyl sites for hydroxylation is 1. The lowest BCUT2D eigenvalue weighted by molar-refractivity contribution is -0.122. The van der Waals surface area contributed by atoms with Gasteiger partial charge in [-0.15, -0.1) is 0 Å². The van der Waals surface area contributed by atoms with E-state index in [1.165, 1.54) is 6.42 Å².